The van der Waals surface area contributed by atoms with Crippen LogP contribution in [0.15, 0.2) is 18.2 Å². The first-order valence-electron chi connectivity index (χ1n) is 5.82. The van der Waals surface area contributed by atoms with Gasteiger partial charge in [-0.3, -0.25) is 10.1 Å². The van der Waals surface area contributed by atoms with Crippen LogP contribution in [0.25, 0.3) is 0 Å². The van der Waals surface area contributed by atoms with Crippen LogP contribution in [0.4, 0.5) is 11.4 Å². The third-order valence-corrected chi connectivity index (χ3v) is 5.58. The highest BCUT2D eigenvalue weighted by Crippen LogP contribution is 2.25. The monoisotopic (exact) mass is 295 g/mol. The van der Waals surface area contributed by atoms with Gasteiger partial charge in [0.15, 0.2) is 0 Å². The van der Waals surface area contributed by atoms with Gasteiger partial charge < -0.3 is 5.32 Å². The lowest BCUT2D eigenvalue weighted by atomic mass is 10.1. The van der Waals surface area contributed by atoms with Gasteiger partial charge in [-0.1, -0.05) is 0 Å². The first kappa shape index (κ1) is 14.0. The van der Waals surface area contributed by atoms with Gasteiger partial charge in [-0.05, 0) is 12.1 Å². The van der Waals surface area contributed by atoms with Gasteiger partial charge in [0, 0.05) is 40.8 Å². The molecule has 0 bridgehead atoms. The molecule has 5 nitrogen and oxygen atoms in total. The van der Waals surface area contributed by atoms with Crippen LogP contribution in [-0.4, -0.2) is 34.0 Å². The maximum Gasteiger partial charge on any atom is 0.287 e. The number of hydrogen-bond donors (Lipinski definition) is 1. The zero-order chi connectivity index (χ0) is 13.7. The third-order valence-electron chi connectivity index (χ3n) is 2.73. The summed E-state index contributed by atoms with van der Waals surface area (Å²) in [5.74, 6) is 3.49. The number of anilines is 1. The van der Waals surface area contributed by atoms with Crippen molar-refractivity contribution < 1.29 is 4.92 Å². The molecule has 1 atom stereocenters. The highest BCUT2D eigenvalue weighted by Gasteiger charge is 2.16. The molecule has 1 saturated heterocycles. The number of nitro groups is 1. The minimum absolute atomic E-state index is 0.0978. The normalized spacial score (nSPS) is 18.6. The van der Waals surface area contributed by atoms with Gasteiger partial charge in [-0.25, -0.2) is 0 Å². The molecule has 1 aromatic carbocycles. The standard InChI is InChI=1S/C12H13N3O2S2/c13-6-9-5-10(1-2-12(9)15(16)17)14-7-11-8-18-3-4-19-11/h1-2,5,11,14H,3-4,7-8H2/t11-/m0/s1. The van der Waals surface area contributed by atoms with Crippen LogP contribution in [0.3, 0.4) is 0 Å². The Balaban J connectivity index is 2.01. The second kappa shape index (κ2) is 6.68. The highest BCUT2D eigenvalue weighted by atomic mass is 32.2. The minimum atomic E-state index is -0.532. The van der Waals surface area contributed by atoms with Gasteiger partial charge in [0.2, 0.25) is 0 Å². The summed E-state index contributed by atoms with van der Waals surface area (Å²) in [5.41, 5.74) is 0.717. The van der Waals surface area contributed by atoms with Crippen LogP contribution in [0.5, 0.6) is 0 Å². The van der Waals surface area contributed by atoms with Gasteiger partial charge in [-0.2, -0.15) is 28.8 Å². The van der Waals surface area contributed by atoms with Crippen LogP contribution >= 0.6 is 23.5 Å². The molecule has 1 heterocycles. The molecule has 100 valence electrons. The Labute approximate surface area is 119 Å². The zero-order valence-corrected chi connectivity index (χ0v) is 11.8. The Bertz CT molecular complexity index is 510. The van der Waals surface area contributed by atoms with E-state index in [0.717, 1.165) is 18.0 Å². The molecule has 1 aliphatic rings. The van der Waals surface area contributed by atoms with Crippen molar-refractivity contribution in [1.29, 1.82) is 5.26 Å². The van der Waals surface area contributed by atoms with Gasteiger partial charge >= 0.3 is 0 Å². The average molecular weight is 295 g/mol. The minimum Gasteiger partial charge on any atom is -0.384 e. The molecule has 2 rings (SSSR count). The molecule has 1 aromatic rings. The van der Waals surface area contributed by atoms with Crippen molar-refractivity contribution in [1.82, 2.24) is 0 Å². The van der Waals surface area contributed by atoms with Crippen molar-refractivity contribution in [2.45, 2.75) is 5.25 Å². The van der Waals surface area contributed by atoms with Gasteiger partial charge in [0.05, 0.1) is 4.92 Å². The molecule has 0 radical (unpaired) electrons. The first-order chi connectivity index (χ1) is 9.20. The Morgan fingerprint density at radius 1 is 1.53 bits per heavy atom. The molecule has 0 unspecified atom stereocenters. The molecule has 7 heteroatoms. The van der Waals surface area contributed by atoms with E-state index in [4.69, 9.17) is 5.26 Å². The van der Waals surface area contributed by atoms with Crippen LogP contribution in [-0.2, 0) is 0 Å². The smallest absolute Gasteiger partial charge is 0.287 e. The van der Waals surface area contributed by atoms with Crippen molar-refractivity contribution >= 4 is 34.9 Å². The van der Waals surface area contributed by atoms with Crippen molar-refractivity contribution in [2.75, 3.05) is 29.1 Å². The van der Waals surface area contributed by atoms with E-state index in [2.05, 4.69) is 5.32 Å². The summed E-state index contributed by atoms with van der Waals surface area (Å²) in [6.45, 7) is 0.820. The highest BCUT2D eigenvalue weighted by molar-refractivity contribution is 8.06. The molecular weight excluding hydrogens is 282 g/mol. The zero-order valence-electron chi connectivity index (χ0n) is 10.2. The molecule has 19 heavy (non-hydrogen) atoms. The predicted octanol–water partition coefficient (Wildman–Crippen LogP) is 2.73. The fourth-order valence-electron chi connectivity index (χ4n) is 1.78. The third kappa shape index (κ3) is 3.78. The first-order valence-corrected chi connectivity index (χ1v) is 8.03. The maximum atomic E-state index is 10.7. The lowest BCUT2D eigenvalue weighted by Gasteiger charge is -2.21. The largest absolute Gasteiger partial charge is 0.384 e. The van der Waals surface area contributed by atoms with Gasteiger partial charge in [0.1, 0.15) is 11.6 Å². The summed E-state index contributed by atoms with van der Waals surface area (Å²) < 4.78 is 0. The summed E-state index contributed by atoms with van der Waals surface area (Å²) in [4.78, 5) is 10.2. The quantitative estimate of drug-likeness (QED) is 0.679. The van der Waals surface area contributed by atoms with Crippen molar-refractivity contribution in [2.24, 2.45) is 0 Å². The number of benzene rings is 1. The van der Waals surface area contributed by atoms with Crippen molar-refractivity contribution in [3.8, 4) is 6.07 Å². The second-order valence-corrected chi connectivity index (χ2v) is 6.61. The van der Waals surface area contributed by atoms with E-state index in [-0.39, 0.29) is 11.3 Å². The average Bonchev–Trinajstić information content (AvgIpc) is 2.45. The molecule has 0 saturated carbocycles. The molecule has 0 aromatic heterocycles. The fourth-order valence-corrected chi connectivity index (χ4v) is 4.39. The number of thioether (sulfide) groups is 2. The number of nitrogens with one attached hydrogen (secondary N) is 1. The van der Waals surface area contributed by atoms with E-state index in [1.165, 1.54) is 17.6 Å². The fraction of sp³-hybridized carbons (Fsp3) is 0.417. The number of rotatable bonds is 4. The molecule has 0 amide bonds. The van der Waals surface area contributed by atoms with Crippen LogP contribution in [0, 0.1) is 21.4 Å². The summed E-state index contributed by atoms with van der Waals surface area (Å²) in [7, 11) is 0. The van der Waals surface area contributed by atoms with E-state index >= 15 is 0 Å². The Morgan fingerprint density at radius 3 is 3.00 bits per heavy atom. The van der Waals surface area contributed by atoms with E-state index in [0.29, 0.717) is 5.25 Å². The predicted molar refractivity (Wildman–Crippen MR) is 79.9 cm³/mol. The van der Waals surface area contributed by atoms with E-state index in [1.807, 2.05) is 29.6 Å². The molecule has 1 fully saturated rings. The topological polar surface area (TPSA) is 79.0 Å². The van der Waals surface area contributed by atoms with Crippen molar-refractivity contribution in [3.63, 3.8) is 0 Å². The molecule has 0 aliphatic carbocycles. The van der Waals surface area contributed by atoms with Gasteiger partial charge in [0.25, 0.3) is 5.69 Å². The SMILES string of the molecule is N#Cc1cc(NC[C@H]2CSCCS2)ccc1[N+](=O)[O-]. The Kier molecular flexibility index (Phi) is 4.93. The summed E-state index contributed by atoms with van der Waals surface area (Å²) in [5, 5.41) is 23.4. The van der Waals surface area contributed by atoms with E-state index < -0.39 is 4.92 Å². The maximum absolute atomic E-state index is 10.7. The van der Waals surface area contributed by atoms with E-state index in [9.17, 15) is 10.1 Å². The second-order valence-electron chi connectivity index (χ2n) is 4.05. The van der Waals surface area contributed by atoms with E-state index in [1.54, 1.807) is 12.1 Å². The number of nitrogens with zero attached hydrogens (tertiary/aromatic N) is 2. The molecule has 1 N–H and O–H groups in total. The molecule has 1 aliphatic heterocycles. The molecule has 0 spiro atoms. The lowest BCUT2D eigenvalue weighted by Crippen LogP contribution is -2.23. The Morgan fingerprint density at radius 2 is 2.37 bits per heavy atom. The summed E-state index contributed by atoms with van der Waals surface area (Å²) in [6.07, 6.45) is 0. The summed E-state index contributed by atoms with van der Waals surface area (Å²) in [6, 6.07) is 6.44. The van der Waals surface area contributed by atoms with Crippen LogP contribution in [0.2, 0.25) is 0 Å². The number of nitro benzene ring substituents is 1. The van der Waals surface area contributed by atoms with Crippen LogP contribution < -0.4 is 5.32 Å². The molecular formula is C12H13N3O2S2. The van der Waals surface area contributed by atoms with Gasteiger partial charge in [-0.15, -0.1) is 0 Å². The lowest BCUT2D eigenvalue weighted by molar-refractivity contribution is -0.385. The van der Waals surface area contributed by atoms with Crippen LogP contribution in [0.1, 0.15) is 5.56 Å². The summed E-state index contributed by atoms with van der Waals surface area (Å²) >= 11 is 3.89. The number of hydrogen-bond acceptors (Lipinski definition) is 6. The Hall–Kier alpha value is -1.39. The van der Waals surface area contributed by atoms with Crippen molar-refractivity contribution in [3.05, 3.63) is 33.9 Å². The number of nitriles is 1.